The summed E-state index contributed by atoms with van der Waals surface area (Å²) in [7, 11) is 1.57. The Bertz CT molecular complexity index is 285. The van der Waals surface area contributed by atoms with Crippen LogP contribution in [0.3, 0.4) is 0 Å². The van der Waals surface area contributed by atoms with Gasteiger partial charge in [-0.15, -0.1) is 0 Å². The molecule has 1 heterocycles. The molecule has 3 aliphatic rings. The first-order chi connectivity index (χ1) is 6.54. The second-order valence-corrected chi connectivity index (χ2v) is 4.89. The normalized spacial score (nSPS) is 65.1. The van der Waals surface area contributed by atoms with Gasteiger partial charge in [0.25, 0.3) is 0 Å². The van der Waals surface area contributed by atoms with Gasteiger partial charge in [0.15, 0.2) is 0 Å². The number of rotatable bonds is 1. The van der Waals surface area contributed by atoms with Crippen molar-refractivity contribution < 1.29 is 19.0 Å². The van der Waals surface area contributed by atoms with Crippen molar-refractivity contribution >= 4 is 0 Å². The molecule has 3 fully saturated rings. The molecule has 4 heteroatoms. The lowest BCUT2D eigenvalue weighted by Crippen LogP contribution is -2.47. The highest BCUT2D eigenvalue weighted by Crippen LogP contribution is 2.66. The van der Waals surface area contributed by atoms with Crippen LogP contribution in [0.2, 0.25) is 0 Å². The average Bonchev–Trinajstić information content (AvgIpc) is 2.75. The van der Waals surface area contributed by atoms with E-state index in [-0.39, 0.29) is 12.0 Å². The number of aliphatic hydroxyl groups is 1. The van der Waals surface area contributed by atoms with Gasteiger partial charge in [0.1, 0.15) is 23.5 Å². The zero-order valence-electron chi connectivity index (χ0n) is 8.37. The van der Waals surface area contributed by atoms with Gasteiger partial charge in [0.05, 0.1) is 6.10 Å². The van der Waals surface area contributed by atoms with Crippen LogP contribution < -0.4 is 0 Å². The molecule has 6 atom stereocenters. The van der Waals surface area contributed by atoms with Crippen molar-refractivity contribution in [2.24, 2.45) is 5.92 Å². The van der Waals surface area contributed by atoms with E-state index in [1.165, 1.54) is 0 Å². The van der Waals surface area contributed by atoms with Gasteiger partial charge >= 0.3 is 0 Å². The second kappa shape index (κ2) is 2.31. The summed E-state index contributed by atoms with van der Waals surface area (Å²) in [6.45, 7) is 1.86. The van der Waals surface area contributed by atoms with Crippen LogP contribution in [0.1, 0.15) is 19.8 Å². The molecule has 80 valence electrons. The zero-order valence-corrected chi connectivity index (χ0v) is 8.37. The summed E-state index contributed by atoms with van der Waals surface area (Å²) in [5.74, 6) is -0.157. The highest BCUT2D eigenvalue weighted by Gasteiger charge is 2.81. The monoisotopic (exact) mass is 202 g/mol. The molecule has 1 aliphatic heterocycles. The van der Waals surface area contributed by atoms with Gasteiger partial charge in [0, 0.05) is 19.4 Å². The standard InChI is InChI=1S/C10H15FO3/c1-5-3-9(12)7(11)6-4-10(6,13-2)8(9)14-5/h5-8,12H,3-4H2,1-2H3/t5-,6-,7?,8-,9+,10+/m0/s1. The van der Waals surface area contributed by atoms with E-state index in [0.717, 1.165) is 0 Å². The van der Waals surface area contributed by atoms with Crippen LogP contribution in [0.15, 0.2) is 0 Å². The average molecular weight is 202 g/mol. The van der Waals surface area contributed by atoms with Gasteiger partial charge in [-0.05, 0) is 13.3 Å². The first-order valence-electron chi connectivity index (χ1n) is 5.11. The van der Waals surface area contributed by atoms with Crippen molar-refractivity contribution in [1.82, 2.24) is 0 Å². The lowest BCUT2D eigenvalue weighted by molar-refractivity contribution is -0.118. The lowest BCUT2D eigenvalue weighted by atomic mass is 9.90. The number of ether oxygens (including phenoxy) is 2. The van der Waals surface area contributed by atoms with E-state index in [1.807, 2.05) is 6.92 Å². The number of fused-ring (bicyclic) bond motifs is 3. The summed E-state index contributed by atoms with van der Waals surface area (Å²) in [5, 5.41) is 10.2. The number of methoxy groups -OCH3 is 1. The zero-order chi connectivity index (χ0) is 10.1. The van der Waals surface area contributed by atoms with Gasteiger partial charge in [-0.3, -0.25) is 0 Å². The van der Waals surface area contributed by atoms with Crippen molar-refractivity contribution in [1.29, 1.82) is 0 Å². The molecule has 2 aliphatic carbocycles. The van der Waals surface area contributed by atoms with E-state index in [2.05, 4.69) is 0 Å². The molecule has 0 aromatic carbocycles. The van der Waals surface area contributed by atoms with Crippen molar-refractivity contribution in [3.63, 3.8) is 0 Å². The minimum absolute atomic E-state index is 0.0724. The van der Waals surface area contributed by atoms with E-state index in [4.69, 9.17) is 9.47 Å². The molecular weight excluding hydrogens is 187 g/mol. The Hall–Kier alpha value is -0.190. The van der Waals surface area contributed by atoms with Gasteiger partial charge < -0.3 is 14.6 Å². The van der Waals surface area contributed by atoms with Crippen LogP contribution in [-0.2, 0) is 9.47 Å². The van der Waals surface area contributed by atoms with E-state index in [9.17, 15) is 9.50 Å². The van der Waals surface area contributed by atoms with Gasteiger partial charge in [0.2, 0.25) is 0 Å². The minimum atomic E-state index is -1.29. The fourth-order valence-corrected chi connectivity index (χ4v) is 3.39. The molecule has 0 radical (unpaired) electrons. The second-order valence-electron chi connectivity index (χ2n) is 4.89. The molecule has 14 heavy (non-hydrogen) atoms. The summed E-state index contributed by atoms with van der Waals surface area (Å²) in [4.78, 5) is 0. The number of hydrogen-bond acceptors (Lipinski definition) is 3. The molecule has 0 bridgehead atoms. The first kappa shape index (κ1) is 9.07. The van der Waals surface area contributed by atoms with E-state index in [0.29, 0.717) is 12.8 Å². The molecule has 3 nitrogen and oxygen atoms in total. The number of alkyl halides is 1. The maximum atomic E-state index is 13.9. The maximum absolute atomic E-state index is 13.9. The molecule has 1 N–H and O–H groups in total. The fraction of sp³-hybridized carbons (Fsp3) is 1.00. The highest BCUT2D eigenvalue weighted by molar-refractivity contribution is 5.30. The minimum Gasteiger partial charge on any atom is -0.384 e. The summed E-state index contributed by atoms with van der Waals surface area (Å²) in [5.41, 5.74) is -1.82. The van der Waals surface area contributed by atoms with Crippen LogP contribution in [0, 0.1) is 5.92 Å². The SMILES string of the molecule is CO[C@]12C[C@H]1C(F)[C@]1(O)C[C@H](C)O[C@H]21. The molecule has 2 saturated carbocycles. The van der Waals surface area contributed by atoms with Crippen LogP contribution in [0.25, 0.3) is 0 Å². The van der Waals surface area contributed by atoms with Crippen LogP contribution in [-0.4, -0.2) is 41.8 Å². The summed E-state index contributed by atoms with van der Waals surface area (Å²) in [6, 6.07) is 0. The quantitative estimate of drug-likeness (QED) is 0.678. The highest BCUT2D eigenvalue weighted by atomic mass is 19.1. The van der Waals surface area contributed by atoms with Crippen LogP contribution in [0.4, 0.5) is 4.39 Å². The van der Waals surface area contributed by atoms with E-state index in [1.54, 1.807) is 7.11 Å². The Kier molecular flexibility index (Phi) is 1.50. The Morgan fingerprint density at radius 3 is 2.86 bits per heavy atom. The Balaban J connectivity index is 1.98. The van der Waals surface area contributed by atoms with Crippen molar-refractivity contribution in [3.8, 4) is 0 Å². The summed E-state index contributed by atoms with van der Waals surface area (Å²) < 4.78 is 24.8. The molecule has 1 saturated heterocycles. The molecule has 0 spiro atoms. The third-order valence-electron chi connectivity index (χ3n) is 4.10. The smallest absolute Gasteiger partial charge is 0.137 e. The Morgan fingerprint density at radius 2 is 2.21 bits per heavy atom. The van der Waals surface area contributed by atoms with E-state index >= 15 is 0 Å². The van der Waals surface area contributed by atoms with Crippen molar-refractivity contribution in [2.45, 2.75) is 49.3 Å². The van der Waals surface area contributed by atoms with Crippen molar-refractivity contribution in [2.75, 3.05) is 7.11 Å². The van der Waals surface area contributed by atoms with Crippen molar-refractivity contribution in [3.05, 3.63) is 0 Å². The molecule has 0 amide bonds. The van der Waals surface area contributed by atoms with Gasteiger partial charge in [-0.25, -0.2) is 4.39 Å². The number of halogens is 1. The predicted molar refractivity (Wildman–Crippen MR) is 46.6 cm³/mol. The van der Waals surface area contributed by atoms with E-state index < -0.39 is 23.5 Å². The fourth-order valence-electron chi connectivity index (χ4n) is 3.39. The molecule has 3 rings (SSSR count). The molecule has 1 unspecified atom stereocenters. The molecule has 0 aromatic rings. The lowest BCUT2D eigenvalue weighted by Gasteiger charge is -2.28. The third kappa shape index (κ3) is 0.753. The predicted octanol–water partition coefficient (Wildman–Crippen LogP) is 0.652. The molecular formula is C10H15FO3. The van der Waals surface area contributed by atoms with Crippen LogP contribution >= 0.6 is 0 Å². The Morgan fingerprint density at radius 1 is 1.50 bits per heavy atom. The third-order valence-corrected chi connectivity index (χ3v) is 4.10. The Labute approximate surface area is 82.2 Å². The number of hydrogen-bond donors (Lipinski definition) is 1. The topological polar surface area (TPSA) is 38.7 Å². The maximum Gasteiger partial charge on any atom is 0.137 e. The summed E-state index contributed by atoms with van der Waals surface area (Å²) in [6.07, 6.45) is -0.644. The summed E-state index contributed by atoms with van der Waals surface area (Å²) >= 11 is 0. The largest absolute Gasteiger partial charge is 0.384 e. The first-order valence-corrected chi connectivity index (χ1v) is 5.11. The van der Waals surface area contributed by atoms with Gasteiger partial charge in [-0.2, -0.15) is 0 Å². The van der Waals surface area contributed by atoms with Crippen LogP contribution in [0.5, 0.6) is 0 Å². The van der Waals surface area contributed by atoms with Gasteiger partial charge in [-0.1, -0.05) is 0 Å². The molecule has 0 aromatic heterocycles.